The maximum atomic E-state index is 13.5. The molecule has 0 spiro atoms. The number of aromatic nitrogens is 2. The average molecular weight is 378 g/mol. The summed E-state index contributed by atoms with van der Waals surface area (Å²) in [6.07, 6.45) is 5.36. The second-order valence-corrected chi connectivity index (χ2v) is 6.85. The van der Waals surface area contributed by atoms with Crippen molar-refractivity contribution in [2.75, 3.05) is 6.54 Å². The van der Waals surface area contributed by atoms with Gasteiger partial charge < -0.3 is 5.32 Å². The number of nitrogens with zero attached hydrogens (tertiary/aromatic N) is 3. The summed E-state index contributed by atoms with van der Waals surface area (Å²) in [5, 5.41) is 3.45. The van der Waals surface area contributed by atoms with Gasteiger partial charge in [0.2, 0.25) is 0 Å². The van der Waals surface area contributed by atoms with Crippen LogP contribution in [0, 0.1) is 11.6 Å². The van der Waals surface area contributed by atoms with Crippen LogP contribution in [-0.4, -0.2) is 22.3 Å². The molecule has 0 unspecified atom stereocenters. The number of aliphatic imine (C=N–C) groups is 1. The van der Waals surface area contributed by atoms with E-state index in [-0.39, 0.29) is 11.6 Å². The molecule has 1 aromatic heterocycles. The van der Waals surface area contributed by atoms with Gasteiger partial charge in [-0.3, -0.25) is 9.98 Å². The Labute approximate surface area is 162 Å². The Morgan fingerprint density at radius 1 is 0.893 bits per heavy atom. The molecule has 4 rings (SSSR count). The fraction of sp³-hybridized carbons (Fsp3) is 0.227. The Hall–Kier alpha value is -3.15. The molecule has 0 aliphatic carbocycles. The standard InChI is InChI=1S/C22H20F2N4/c1-2-3-19-12-26-20(13-25-19)21-27-14-22(28-21,15-4-8-17(23)9-5-15)16-6-10-18(24)11-7-16/h4-13H,2-3,14H2,1H3,(H,27,28). The van der Waals surface area contributed by atoms with E-state index in [1.54, 1.807) is 36.7 Å². The van der Waals surface area contributed by atoms with Crippen molar-refractivity contribution < 1.29 is 8.78 Å². The first kappa shape index (κ1) is 18.2. The number of aryl methyl sites for hydroxylation is 1. The number of halogens is 2. The van der Waals surface area contributed by atoms with Gasteiger partial charge in [0, 0.05) is 6.20 Å². The van der Waals surface area contributed by atoms with Crippen LogP contribution in [0.15, 0.2) is 65.9 Å². The van der Waals surface area contributed by atoms with E-state index in [0.29, 0.717) is 18.1 Å². The fourth-order valence-electron chi connectivity index (χ4n) is 3.45. The molecule has 0 fully saturated rings. The van der Waals surface area contributed by atoms with E-state index in [0.717, 1.165) is 29.7 Å². The molecular formula is C22H20F2N4. The van der Waals surface area contributed by atoms with Gasteiger partial charge in [-0.15, -0.1) is 0 Å². The summed E-state index contributed by atoms with van der Waals surface area (Å²) in [4.78, 5) is 13.6. The number of amidine groups is 1. The molecule has 2 aromatic carbocycles. The van der Waals surface area contributed by atoms with Crippen molar-refractivity contribution in [2.24, 2.45) is 4.99 Å². The van der Waals surface area contributed by atoms with Crippen LogP contribution in [-0.2, 0) is 12.0 Å². The second kappa shape index (κ2) is 7.46. The summed E-state index contributed by atoms with van der Waals surface area (Å²) < 4.78 is 27.0. The highest BCUT2D eigenvalue weighted by atomic mass is 19.1. The zero-order valence-electron chi connectivity index (χ0n) is 15.5. The Bertz CT molecular complexity index is 935. The van der Waals surface area contributed by atoms with Gasteiger partial charge in [-0.05, 0) is 41.8 Å². The molecule has 0 atom stereocenters. The quantitative estimate of drug-likeness (QED) is 0.730. The Balaban J connectivity index is 1.70. The number of nitrogens with one attached hydrogen (secondary N) is 1. The van der Waals surface area contributed by atoms with Crippen molar-refractivity contribution in [3.05, 3.63) is 95.1 Å². The minimum absolute atomic E-state index is 0.311. The zero-order valence-corrected chi connectivity index (χ0v) is 15.5. The molecule has 6 heteroatoms. The third kappa shape index (κ3) is 3.38. The average Bonchev–Trinajstić information content (AvgIpc) is 3.16. The van der Waals surface area contributed by atoms with Crippen molar-refractivity contribution in [3.8, 4) is 0 Å². The molecule has 0 bridgehead atoms. The van der Waals surface area contributed by atoms with Crippen molar-refractivity contribution in [3.63, 3.8) is 0 Å². The Morgan fingerprint density at radius 2 is 1.50 bits per heavy atom. The molecule has 1 aliphatic heterocycles. The minimum Gasteiger partial charge on any atom is -0.353 e. The van der Waals surface area contributed by atoms with E-state index in [2.05, 4.69) is 27.2 Å². The summed E-state index contributed by atoms with van der Waals surface area (Å²) in [5.74, 6) is -0.00625. The van der Waals surface area contributed by atoms with E-state index >= 15 is 0 Å². The number of hydrogen-bond donors (Lipinski definition) is 1. The van der Waals surface area contributed by atoms with Crippen LogP contribution in [0.4, 0.5) is 8.78 Å². The number of rotatable bonds is 5. The van der Waals surface area contributed by atoms with E-state index < -0.39 is 5.54 Å². The number of benzene rings is 2. The van der Waals surface area contributed by atoms with Crippen molar-refractivity contribution >= 4 is 5.84 Å². The molecule has 1 N–H and O–H groups in total. The van der Waals surface area contributed by atoms with Crippen molar-refractivity contribution in [1.29, 1.82) is 0 Å². The third-order valence-electron chi connectivity index (χ3n) is 4.93. The molecule has 28 heavy (non-hydrogen) atoms. The van der Waals surface area contributed by atoms with Crippen LogP contribution < -0.4 is 5.32 Å². The Kier molecular flexibility index (Phi) is 4.86. The molecule has 0 saturated heterocycles. The van der Waals surface area contributed by atoms with Gasteiger partial charge in [-0.25, -0.2) is 13.8 Å². The van der Waals surface area contributed by atoms with Gasteiger partial charge in [0.25, 0.3) is 0 Å². The summed E-state index contributed by atoms with van der Waals surface area (Å²) in [7, 11) is 0. The van der Waals surface area contributed by atoms with E-state index in [9.17, 15) is 8.78 Å². The molecule has 142 valence electrons. The highest BCUT2D eigenvalue weighted by Gasteiger charge is 2.39. The largest absolute Gasteiger partial charge is 0.353 e. The van der Waals surface area contributed by atoms with E-state index in [4.69, 9.17) is 0 Å². The molecule has 0 radical (unpaired) electrons. The molecule has 0 saturated carbocycles. The highest BCUT2D eigenvalue weighted by Crippen LogP contribution is 2.34. The highest BCUT2D eigenvalue weighted by molar-refractivity contribution is 5.99. The first-order chi connectivity index (χ1) is 13.6. The van der Waals surface area contributed by atoms with Crippen molar-refractivity contribution in [1.82, 2.24) is 15.3 Å². The molecule has 0 amide bonds. The van der Waals surface area contributed by atoms with Crippen LogP contribution >= 0.6 is 0 Å². The lowest BCUT2D eigenvalue weighted by molar-refractivity contribution is 0.519. The van der Waals surface area contributed by atoms with E-state index in [1.807, 2.05) is 0 Å². The normalized spacial score (nSPS) is 15.2. The third-order valence-corrected chi connectivity index (χ3v) is 4.93. The topological polar surface area (TPSA) is 50.2 Å². The second-order valence-electron chi connectivity index (χ2n) is 6.85. The minimum atomic E-state index is -0.722. The van der Waals surface area contributed by atoms with Crippen LogP contribution in [0.3, 0.4) is 0 Å². The molecule has 4 nitrogen and oxygen atoms in total. The molecule has 3 aromatic rings. The summed E-state index contributed by atoms with van der Waals surface area (Å²) >= 11 is 0. The first-order valence-corrected chi connectivity index (χ1v) is 9.27. The molecule has 2 heterocycles. The lowest BCUT2D eigenvalue weighted by atomic mass is 9.83. The summed E-state index contributed by atoms with van der Waals surface area (Å²) in [5.41, 5.74) is 2.55. The van der Waals surface area contributed by atoms with Gasteiger partial charge >= 0.3 is 0 Å². The first-order valence-electron chi connectivity index (χ1n) is 9.27. The van der Waals surface area contributed by atoms with E-state index in [1.165, 1.54) is 24.3 Å². The van der Waals surface area contributed by atoms with Gasteiger partial charge in [0.1, 0.15) is 28.7 Å². The molecule has 1 aliphatic rings. The fourth-order valence-corrected chi connectivity index (χ4v) is 3.45. The van der Waals surface area contributed by atoms with Crippen LogP contribution in [0.2, 0.25) is 0 Å². The maximum absolute atomic E-state index is 13.5. The van der Waals surface area contributed by atoms with Gasteiger partial charge in [-0.2, -0.15) is 0 Å². The summed E-state index contributed by atoms with van der Waals surface area (Å²) in [6, 6.07) is 12.6. The van der Waals surface area contributed by atoms with Crippen LogP contribution in [0.5, 0.6) is 0 Å². The van der Waals surface area contributed by atoms with Crippen molar-refractivity contribution in [2.45, 2.75) is 25.3 Å². The van der Waals surface area contributed by atoms with Crippen LogP contribution in [0.1, 0.15) is 35.9 Å². The SMILES string of the molecule is CCCc1cnc(C2=NCC(c3ccc(F)cc3)(c3ccc(F)cc3)N2)cn1. The monoisotopic (exact) mass is 378 g/mol. The number of hydrogen-bond acceptors (Lipinski definition) is 4. The lowest BCUT2D eigenvalue weighted by Crippen LogP contribution is -2.44. The predicted octanol–water partition coefficient (Wildman–Crippen LogP) is 4.00. The smallest absolute Gasteiger partial charge is 0.150 e. The predicted molar refractivity (Wildman–Crippen MR) is 104 cm³/mol. The van der Waals surface area contributed by atoms with Gasteiger partial charge in [-0.1, -0.05) is 37.6 Å². The van der Waals surface area contributed by atoms with Gasteiger partial charge in [0.15, 0.2) is 0 Å². The lowest BCUT2D eigenvalue weighted by Gasteiger charge is -2.31. The summed E-state index contributed by atoms with van der Waals surface area (Å²) in [6.45, 7) is 2.48. The molecular weight excluding hydrogens is 358 g/mol. The maximum Gasteiger partial charge on any atom is 0.150 e. The van der Waals surface area contributed by atoms with Gasteiger partial charge in [0.05, 0.1) is 18.4 Å². The van der Waals surface area contributed by atoms with Crippen LogP contribution in [0.25, 0.3) is 0 Å². The Morgan fingerprint density at radius 3 is 2.00 bits per heavy atom. The zero-order chi connectivity index (χ0) is 19.6.